The number of halogens is 1. The zero-order valence-corrected chi connectivity index (χ0v) is 18.3. The molecule has 30 heavy (non-hydrogen) atoms. The quantitative estimate of drug-likeness (QED) is 0.320. The van der Waals surface area contributed by atoms with Crippen LogP contribution in [0.1, 0.15) is 39.5 Å². The van der Waals surface area contributed by atoms with Crippen LogP contribution in [0.3, 0.4) is 0 Å². The van der Waals surface area contributed by atoms with E-state index in [2.05, 4.69) is 48.3 Å². The maximum Gasteiger partial charge on any atom is 0.0998 e. The molecule has 0 radical (unpaired) electrons. The number of aryl methyl sites for hydroxylation is 2. The third-order valence-corrected chi connectivity index (χ3v) is 6.53. The highest BCUT2D eigenvalue weighted by atomic mass is 35.5. The van der Waals surface area contributed by atoms with E-state index in [4.69, 9.17) is 11.6 Å². The lowest BCUT2D eigenvalue weighted by atomic mass is 9.87. The Kier molecular flexibility index (Phi) is 6.28. The van der Waals surface area contributed by atoms with E-state index in [0.29, 0.717) is 5.56 Å². The average molecular weight is 429 g/mol. The summed E-state index contributed by atoms with van der Waals surface area (Å²) in [6, 6.07) is 24.9. The molecule has 2 nitrogen and oxygen atoms in total. The van der Waals surface area contributed by atoms with Crippen molar-refractivity contribution in [3.05, 3.63) is 111 Å². The molecule has 0 spiro atoms. The summed E-state index contributed by atoms with van der Waals surface area (Å²) < 4.78 is 0. The molecule has 0 amide bonds. The molecule has 0 N–H and O–H groups in total. The lowest BCUT2D eigenvalue weighted by molar-refractivity contribution is 0.725. The minimum Gasteiger partial charge on any atom is -0.253 e. The molecule has 0 saturated heterocycles. The van der Waals surface area contributed by atoms with Gasteiger partial charge in [-0.05, 0) is 71.8 Å². The van der Waals surface area contributed by atoms with Crippen molar-refractivity contribution >= 4 is 22.9 Å². The molecule has 0 aliphatic heterocycles. The fraction of sp³-hybridized carbons (Fsp3) is 0.154. The van der Waals surface area contributed by atoms with Crippen molar-refractivity contribution in [2.75, 3.05) is 0 Å². The number of aromatic nitrogens is 1. The molecule has 0 aliphatic carbocycles. The van der Waals surface area contributed by atoms with Gasteiger partial charge in [0.2, 0.25) is 0 Å². The molecule has 4 aromatic rings. The Bertz CT molecular complexity index is 1190. The van der Waals surface area contributed by atoms with Crippen LogP contribution in [0.4, 0.5) is 0 Å². The van der Waals surface area contributed by atoms with E-state index < -0.39 is 0 Å². The van der Waals surface area contributed by atoms with Crippen LogP contribution in [0, 0.1) is 18.3 Å². The van der Waals surface area contributed by atoms with Crippen LogP contribution in [0.2, 0.25) is 5.02 Å². The van der Waals surface area contributed by atoms with Crippen LogP contribution in [-0.2, 0) is 6.42 Å². The largest absolute Gasteiger partial charge is 0.253 e. The van der Waals surface area contributed by atoms with E-state index in [1.807, 2.05) is 48.1 Å². The van der Waals surface area contributed by atoms with Crippen LogP contribution in [0.5, 0.6) is 0 Å². The van der Waals surface area contributed by atoms with Gasteiger partial charge in [-0.15, -0.1) is 11.3 Å². The molecule has 0 bridgehead atoms. The van der Waals surface area contributed by atoms with E-state index in [9.17, 15) is 5.26 Å². The van der Waals surface area contributed by atoms with Crippen LogP contribution in [-0.4, -0.2) is 4.98 Å². The highest BCUT2D eigenvalue weighted by Crippen LogP contribution is 2.36. The van der Waals surface area contributed by atoms with Crippen molar-refractivity contribution in [1.82, 2.24) is 4.98 Å². The Balaban J connectivity index is 1.73. The van der Waals surface area contributed by atoms with Crippen molar-refractivity contribution in [2.24, 2.45) is 0 Å². The van der Waals surface area contributed by atoms with Crippen molar-refractivity contribution in [1.29, 1.82) is 5.26 Å². The second kappa shape index (κ2) is 9.26. The molecule has 1 heterocycles. The second-order valence-corrected chi connectivity index (χ2v) is 8.71. The smallest absolute Gasteiger partial charge is 0.0998 e. The van der Waals surface area contributed by atoms with E-state index in [-0.39, 0.29) is 5.92 Å². The molecule has 0 saturated carbocycles. The first-order valence-corrected chi connectivity index (χ1v) is 11.1. The van der Waals surface area contributed by atoms with Crippen molar-refractivity contribution in [3.63, 3.8) is 0 Å². The van der Waals surface area contributed by atoms with Crippen molar-refractivity contribution in [2.45, 2.75) is 25.7 Å². The molecule has 3 aromatic carbocycles. The first-order valence-electron chi connectivity index (χ1n) is 9.88. The van der Waals surface area contributed by atoms with E-state index in [1.165, 1.54) is 21.6 Å². The number of nitrogens with zero attached hydrogens (tertiary/aromatic N) is 2. The zero-order valence-electron chi connectivity index (χ0n) is 16.7. The topological polar surface area (TPSA) is 36.7 Å². The van der Waals surface area contributed by atoms with E-state index in [0.717, 1.165) is 29.0 Å². The standard InChI is InChI=1S/C26H21ClN2S/c1-18-5-2-3-8-23(18)25-14-20(10-11-21(25)15-28)24(26-16-29-17-30-26)12-9-19-6-4-7-22(27)13-19/h2-8,10-11,13-14,16-17,24H,9,12H2,1H3. The predicted octanol–water partition coefficient (Wildman–Crippen LogP) is 7.41. The molecule has 0 fully saturated rings. The number of hydrogen-bond donors (Lipinski definition) is 0. The van der Waals surface area contributed by atoms with Gasteiger partial charge in [-0.2, -0.15) is 5.26 Å². The van der Waals surface area contributed by atoms with Gasteiger partial charge in [0.05, 0.1) is 17.1 Å². The zero-order chi connectivity index (χ0) is 20.9. The fourth-order valence-electron chi connectivity index (χ4n) is 3.85. The minimum atomic E-state index is 0.215. The van der Waals surface area contributed by atoms with Crippen LogP contribution in [0.15, 0.2) is 78.4 Å². The summed E-state index contributed by atoms with van der Waals surface area (Å²) in [5.74, 6) is 0.215. The second-order valence-electron chi connectivity index (χ2n) is 7.36. The van der Waals surface area contributed by atoms with Crippen molar-refractivity contribution in [3.8, 4) is 17.2 Å². The molecule has 1 unspecified atom stereocenters. The Morgan fingerprint density at radius 1 is 1.03 bits per heavy atom. The molecule has 1 aromatic heterocycles. The van der Waals surface area contributed by atoms with Gasteiger partial charge in [0.15, 0.2) is 0 Å². The minimum absolute atomic E-state index is 0.215. The highest BCUT2D eigenvalue weighted by molar-refractivity contribution is 7.09. The molecular formula is C26H21ClN2S. The third-order valence-electron chi connectivity index (χ3n) is 5.41. The van der Waals surface area contributed by atoms with Gasteiger partial charge in [-0.3, -0.25) is 4.98 Å². The lowest BCUT2D eigenvalue weighted by Gasteiger charge is -2.18. The number of benzene rings is 3. The SMILES string of the molecule is Cc1ccccc1-c1cc(C(CCc2cccc(Cl)c2)c2cncs2)ccc1C#N. The van der Waals surface area contributed by atoms with Gasteiger partial charge in [0.25, 0.3) is 0 Å². The third kappa shape index (κ3) is 4.46. The van der Waals surface area contributed by atoms with Crippen LogP contribution in [0.25, 0.3) is 11.1 Å². The summed E-state index contributed by atoms with van der Waals surface area (Å²) in [6.45, 7) is 2.09. The summed E-state index contributed by atoms with van der Waals surface area (Å²) in [6.07, 6.45) is 3.82. The van der Waals surface area contributed by atoms with Crippen LogP contribution >= 0.6 is 22.9 Å². The summed E-state index contributed by atoms with van der Waals surface area (Å²) in [5.41, 5.74) is 8.28. The highest BCUT2D eigenvalue weighted by Gasteiger charge is 2.19. The van der Waals surface area contributed by atoms with Gasteiger partial charge < -0.3 is 0 Å². The van der Waals surface area contributed by atoms with Gasteiger partial charge in [-0.25, -0.2) is 0 Å². The Labute approximate surface area is 186 Å². The maximum atomic E-state index is 9.69. The molecule has 0 aliphatic rings. The molecule has 148 valence electrons. The summed E-state index contributed by atoms with van der Waals surface area (Å²) in [7, 11) is 0. The van der Waals surface area contributed by atoms with Gasteiger partial charge in [-0.1, -0.05) is 54.1 Å². The predicted molar refractivity (Wildman–Crippen MR) is 125 cm³/mol. The first kappa shape index (κ1) is 20.3. The normalized spacial score (nSPS) is 11.8. The molecule has 4 rings (SSSR count). The van der Waals surface area contributed by atoms with Crippen LogP contribution < -0.4 is 0 Å². The van der Waals surface area contributed by atoms with Gasteiger partial charge in [0, 0.05) is 22.0 Å². The summed E-state index contributed by atoms with van der Waals surface area (Å²) in [4.78, 5) is 5.54. The average Bonchev–Trinajstić information content (AvgIpc) is 3.29. The lowest BCUT2D eigenvalue weighted by Crippen LogP contribution is -2.03. The molecule has 1 atom stereocenters. The first-order chi connectivity index (χ1) is 14.7. The monoisotopic (exact) mass is 428 g/mol. The van der Waals surface area contributed by atoms with Gasteiger partial charge in [0.1, 0.15) is 0 Å². The summed E-state index contributed by atoms with van der Waals surface area (Å²) in [5, 5.41) is 10.5. The molecule has 4 heteroatoms. The Morgan fingerprint density at radius 2 is 1.90 bits per heavy atom. The fourth-order valence-corrected chi connectivity index (χ4v) is 4.84. The van der Waals surface area contributed by atoms with E-state index in [1.54, 1.807) is 11.3 Å². The number of nitriles is 1. The number of rotatable bonds is 6. The maximum absolute atomic E-state index is 9.69. The molecular weight excluding hydrogens is 408 g/mol. The number of thiazole rings is 1. The summed E-state index contributed by atoms with van der Waals surface area (Å²) >= 11 is 7.85. The Morgan fingerprint density at radius 3 is 2.63 bits per heavy atom. The van der Waals surface area contributed by atoms with Crippen molar-refractivity contribution < 1.29 is 0 Å². The number of hydrogen-bond acceptors (Lipinski definition) is 3. The van der Waals surface area contributed by atoms with E-state index >= 15 is 0 Å². The van der Waals surface area contributed by atoms with Gasteiger partial charge >= 0.3 is 0 Å². The Hall–Kier alpha value is -2.93.